The topological polar surface area (TPSA) is 77.4 Å². The molecule has 2 heterocycles. The van der Waals surface area contributed by atoms with Crippen LogP contribution in [0.1, 0.15) is 11.3 Å². The van der Waals surface area contributed by atoms with Gasteiger partial charge in [-0.3, -0.25) is 4.98 Å². The molecule has 0 atom stereocenters. The van der Waals surface area contributed by atoms with Crippen LogP contribution in [-0.4, -0.2) is 34.3 Å². The van der Waals surface area contributed by atoms with Crippen LogP contribution < -0.4 is 4.74 Å². The van der Waals surface area contributed by atoms with Crippen LogP contribution in [0.15, 0.2) is 30.5 Å². The van der Waals surface area contributed by atoms with Crippen LogP contribution in [0.3, 0.4) is 0 Å². The summed E-state index contributed by atoms with van der Waals surface area (Å²) in [6.45, 7) is 2.45. The predicted molar refractivity (Wildman–Crippen MR) is 102 cm³/mol. The van der Waals surface area contributed by atoms with E-state index in [1.807, 2.05) is 13.0 Å². The molecular weight excluding hydrogens is 350 g/mol. The number of ether oxygens (including phenoxy) is 2. The highest BCUT2D eigenvalue weighted by Gasteiger charge is 2.15. The van der Waals surface area contributed by atoms with Gasteiger partial charge in [-0.25, -0.2) is 9.97 Å². The highest BCUT2D eigenvalue weighted by Crippen LogP contribution is 2.38. The third-order valence-corrected chi connectivity index (χ3v) is 5.10. The molecule has 0 saturated carbocycles. The first-order valence-corrected chi connectivity index (χ1v) is 8.84. The lowest BCUT2D eigenvalue weighted by Gasteiger charge is -2.06. The van der Waals surface area contributed by atoms with Crippen molar-refractivity contribution < 1.29 is 14.6 Å². The largest absolute Gasteiger partial charge is 0.504 e. The van der Waals surface area contributed by atoms with Crippen molar-refractivity contribution in [2.45, 2.75) is 13.5 Å². The molecule has 0 radical (unpaired) electrons. The number of nitrogens with zero attached hydrogens (tertiary/aromatic N) is 3. The Morgan fingerprint density at radius 3 is 2.69 bits per heavy atom. The van der Waals surface area contributed by atoms with Gasteiger partial charge in [0.2, 0.25) is 0 Å². The van der Waals surface area contributed by atoms with E-state index in [9.17, 15) is 5.11 Å². The van der Waals surface area contributed by atoms with Crippen molar-refractivity contribution in [3.63, 3.8) is 0 Å². The minimum atomic E-state index is 0.0787. The first-order chi connectivity index (χ1) is 12.6. The maximum atomic E-state index is 9.99. The molecule has 0 aliphatic rings. The average Bonchev–Trinajstić information content (AvgIpc) is 3.02. The van der Waals surface area contributed by atoms with Crippen LogP contribution in [0, 0.1) is 6.92 Å². The monoisotopic (exact) mass is 367 g/mol. The standard InChI is InChI=1S/C19H17N3O3S/c1-10-4-12(18-14(5-10)21-11(8-20-18)9-24-2)19-22-13-6-15(23)16(25-3)7-17(13)26-19/h4-8,23H,9H2,1-3H3. The number of aryl methyl sites for hydroxylation is 1. The van der Waals surface area contributed by atoms with Crippen molar-refractivity contribution >= 4 is 32.6 Å². The highest BCUT2D eigenvalue weighted by molar-refractivity contribution is 7.21. The molecule has 7 heteroatoms. The highest BCUT2D eigenvalue weighted by atomic mass is 32.1. The SMILES string of the molecule is COCc1cnc2c(-c3nc4cc(O)c(OC)cc4s3)cc(C)cc2n1. The van der Waals surface area contributed by atoms with Crippen molar-refractivity contribution in [2.24, 2.45) is 0 Å². The normalized spacial score (nSPS) is 11.3. The molecule has 0 saturated heterocycles. The lowest BCUT2D eigenvalue weighted by atomic mass is 10.1. The number of thiazole rings is 1. The zero-order valence-corrected chi connectivity index (χ0v) is 15.4. The maximum absolute atomic E-state index is 9.99. The van der Waals surface area contributed by atoms with Gasteiger partial charge in [-0.1, -0.05) is 0 Å². The summed E-state index contributed by atoms with van der Waals surface area (Å²) >= 11 is 1.53. The average molecular weight is 367 g/mol. The number of aromatic nitrogens is 3. The zero-order chi connectivity index (χ0) is 18.3. The summed E-state index contributed by atoms with van der Waals surface area (Å²) in [6, 6.07) is 7.48. The van der Waals surface area contributed by atoms with E-state index in [1.54, 1.807) is 25.4 Å². The Labute approximate surface area is 154 Å². The second kappa shape index (κ2) is 6.51. The van der Waals surface area contributed by atoms with Crippen LogP contribution in [0.2, 0.25) is 0 Å². The molecule has 4 rings (SSSR count). The molecule has 2 aromatic carbocycles. The number of methoxy groups -OCH3 is 2. The Hall–Kier alpha value is -2.77. The fourth-order valence-electron chi connectivity index (χ4n) is 2.91. The first kappa shape index (κ1) is 16.7. The molecule has 0 unspecified atom stereocenters. The third-order valence-electron chi connectivity index (χ3n) is 4.05. The Morgan fingerprint density at radius 1 is 1.08 bits per heavy atom. The first-order valence-electron chi connectivity index (χ1n) is 8.02. The molecule has 1 N–H and O–H groups in total. The quantitative estimate of drug-likeness (QED) is 0.586. The minimum Gasteiger partial charge on any atom is -0.504 e. The van der Waals surface area contributed by atoms with E-state index in [1.165, 1.54) is 18.4 Å². The fraction of sp³-hybridized carbons (Fsp3) is 0.211. The van der Waals surface area contributed by atoms with Crippen molar-refractivity contribution in [1.29, 1.82) is 0 Å². The van der Waals surface area contributed by atoms with Gasteiger partial charge in [-0.05, 0) is 24.6 Å². The van der Waals surface area contributed by atoms with Gasteiger partial charge in [-0.15, -0.1) is 11.3 Å². The van der Waals surface area contributed by atoms with Crippen molar-refractivity contribution in [3.05, 3.63) is 41.7 Å². The van der Waals surface area contributed by atoms with Gasteiger partial charge in [0.25, 0.3) is 0 Å². The second-order valence-electron chi connectivity index (χ2n) is 5.99. The molecular formula is C19H17N3O3S. The van der Waals surface area contributed by atoms with Crippen LogP contribution in [0.4, 0.5) is 0 Å². The number of hydrogen-bond acceptors (Lipinski definition) is 7. The van der Waals surface area contributed by atoms with Crippen LogP contribution in [0.5, 0.6) is 11.5 Å². The number of phenols is 1. The molecule has 0 amide bonds. The summed E-state index contributed by atoms with van der Waals surface area (Å²) in [5.41, 5.74) is 5.13. The van der Waals surface area contributed by atoms with E-state index >= 15 is 0 Å². The van der Waals surface area contributed by atoms with Crippen molar-refractivity contribution in [3.8, 4) is 22.1 Å². The lowest BCUT2D eigenvalue weighted by molar-refractivity contribution is 0.181. The predicted octanol–water partition coefficient (Wildman–Crippen LogP) is 4.08. The molecule has 0 aliphatic carbocycles. The minimum absolute atomic E-state index is 0.0787. The Morgan fingerprint density at radius 2 is 1.92 bits per heavy atom. The van der Waals surface area contributed by atoms with E-state index in [4.69, 9.17) is 9.47 Å². The number of rotatable bonds is 4. The maximum Gasteiger partial charge on any atom is 0.162 e. The number of hydrogen-bond donors (Lipinski definition) is 1. The third kappa shape index (κ3) is 2.85. The molecule has 6 nitrogen and oxygen atoms in total. The molecule has 0 aliphatic heterocycles. The van der Waals surface area contributed by atoms with E-state index in [-0.39, 0.29) is 5.75 Å². The summed E-state index contributed by atoms with van der Waals surface area (Å²) in [5.74, 6) is 0.515. The summed E-state index contributed by atoms with van der Waals surface area (Å²) in [7, 11) is 3.17. The number of aromatic hydroxyl groups is 1. The Bertz CT molecular complexity index is 1120. The fourth-order valence-corrected chi connectivity index (χ4v) is 3.90. The van der Waals surface area contributed by atoms with E-state index in [0.29, 0.717) is 12.4 Å². The Balaban J connectivity index is 1.91. The summed E-state index contributed by atoms with van der Waals surface area (Å²) in [5, 5.41) is 10.8. The van der Waals surface area contributed by atoms with Crippen LogP contribution in [-0.2, 0) is 11.3 Å². The van der Waals surface area contributed by atoms with Gasteiger partial charge < -0.3 is 14.6 Å². The molecule has 0 fully saturated rings. The number of phenolic OH excluding ortho intramolecular Hbond substituents is 1. The lowest BCUT2D eigenvalue weighted by Crippen LogP contribution is -1.96. The molecule has 26 heavy (non-hydrogen) atoms. The Kier molecular flexibility index (Phi) is 4.18. The van der Waals surface area contributed by atoms with Gasteiger partial charge in [0.1, 0.15) is 5.01 Å². The molecule has 4 aromatic rings. The molecule has 0 spiro atoms. The number of benzene rings is 2. The van der Waals surface area contributed by atoms with Crippen LogP contribution >= 0.6 is 11.3 Å². The zero-order valence-electron chi connectivity index (χ0n) is 14.6. The van der Waals surface area contributed by atoms with Crippen LogP contribution in [0.25, 0.3) is 31.8 Å². The number of fused-ring (bicyclic) bond motifs is 2. The summed E-state index contributed by atoms with van der Waals surface area (Å²) < 4.78 is 11.3. The molecule has 0 bridgehead atoms. The van der Waals surface area contributed by atoms with Crippen molar-refractivity contribution in [2.75, 3.05) is 14.2 Å². The second-order valence-corrected chi connectivity index (χ2v) is 7.02. The van der Waals surface area contributed by atoms with E-state index in [2.05, 4.69) is 21.0 Å². The van der Waals surface area contributed by atoms with Crippen molar-refractivity contribution in [1.82, 2.24) is 15.0 Å². The van der Waals surface area contributed by atoms with Gasteiger partial charge in [-0.2, -0.15) is 0 Å². The van der Waals surface area contributed by atoms with Gasteiger partial charge >= 0.3 is 0 Å². The van der Waals surface area contributed by atoms with Gasteiger partial charge in [0, 0.05) is 24.8 Å². The summed E-state index contributed by atoms with van der Waals surface area (Å²) in [4.78, 5) is 13.9. The van der Waals surface area contributed by atoms with E-state index in [0.717, 1.165) is 43.1 Å². The van der Waals surface area contributed by atoms with E-state index < -0.39 is 0 Å². The smallest absolute Gasteiger partial charge is 0.162 e. The van der Waals surface area contributed by atoms with Gasteiger partial charge in [0.05, 0.1) is 46.9 Å². The molecule has 132 valence electrons. The summed E-state index contributed by atoms with van der Waals surface area (Å²) in [6.07, 6.45) is 1.73. The molecule has 2 aromatic heterocycles. The van der Waals surface area contributed by atoms with Gasteiger partial charge in [0.15, 0.2) is 11.5 Å².